The number of nitrogens with zero attached hydrogens (tertiary/aromatic N) is 2. The third-order valence-electron chi connectivity index (χ3n) is 4.97. The van der Waals surface area contributed by atoms with Crippen LogP contribution in [0.2, 0.25) is 0 Å². The van der Waals surface area contributed by atoms with Crippen molar-refractivity contribution in [1.82, 2.24) is 14.2 Å². The molecule has 1 N–H and O–H groups in total. The van der Waals surface area contributed by atoms with Crippen LogP contribution in [-0.2, 0) is 17.1 Å². The molecule has 0 saturated carbocycles. The quantitative estimate of drug-likeness (QED) is 0.812. The number of sulfonamides is 1. The number of aromatic nitrogens is 1. The van der Waals surface area contributed by atoms with Crippen LogP contribution in [-0.4, -0.2) is 55.5 Å². The van der Waals surface area contributed by atoms with Gasteiger partial charge in [-0.25, -0.2) is 8.42 Å². The van der Waals surface area contributed by atoms with Crippen LogP contribution in [0, 0.1) is 0 Å². The third kappa shape index (κ3) is 3.59. The highest BCUT2D eigenvalue weighted by Crippen LogP contribution is 2.30. The Kier molecular flexibility index (Phi) is 5.03. The summed E-state index contributed by atoms with van der Waals surface area (Å²) in [5, 5.41) is 2.80. The maximum absolute atomic E-state index is 12.7. The highest BCUT2D eigenvalue weighted by atomic mass is 32.2. The number of amides is 1. The van der Waals surface area contributed by atoms with Gasteiger partial charge in [0, 0.05) is 26.3 Å². The van der Waals surface area contributed by atoms with Crippen LogP contribution in [0.15, 0.2) is 41.4 Å². The number of ether oxygens (including phenoxy) is 2. The van der Waals surface area contributed by atoms with Crippen molar-refractivity contribution in [2.45, 2.75) is 23.8 Å². The summed E-state index contributed by atoms with van der Waals surface area (Å²) in [5.41, 5.74) is 0.287. The summed E-state index contributed by atoms with van der Waals surface area (Å²) < 4.78 is 39.8. The molecule has 3 heterocycles. The molecule has 2 aliphatic heterocycles. The van der Waals surface area contributed by atoms with Gasteiger partial charge in [-0.2, -0.15) is 4.31 Å². The Morgan fingerprint density at radius 2 is 1.93 bits per heavy atom. The fourth-order valence-corrected chi connectivity index (χ4v) is 5.03. The normalized spacial score (nSPS) is 19.5. The van der Waals surface area contributed by atoms with E-state index in [0.717, 1.165) is 12.8 Å². The van der Waals surface area contributed by atoms with Crippen molar-refractivity contribution in [3.63, 3.8) is 0 Å². The van der Waals surface area contributed by atoms with Gasteiger partial charge in [-0.1, -0.05) is 12.1 Å². The molecule has 1 aromatic heterocycles. The number of nitrogens with one attached hydrogen (secondary N) is 1. The van der Waals surface area contributed by atoms with E-state index in [1.165, 1.54) is 21.1 Å². The molecule has 0 aliphatic carbocycles. The minimum Gasteiger partial charge on any atom is -0.486 e. The average Bonchev–Trinajstić information content (AvgIpc) is 3.36. The maximum Gasteiger partial charge on any atom is 0.268 e. The Balaban J connectivity index is 1.41. The van der Waals surface area contributed by atoms with E-state index < -0.39 is 10.0 Å². The number of carbonyl (C=O) groups excluding carboxylic acids is 1. The summed E-state index contributed by atoms with van der Waals surface area (Å²) >= 11 is 0. The van der Waals surface area contributed by atoms with Gasteiger partial charge in [0.1, 0.15) is 23.3 Å². The number of benzene rings is 1. The lowest BCUT2D eigenvalue weighted by molar-refractivity contribution is 0.0784. The molecule has 0 spiro atoms. The number of fused-ring (bicyclic) bond motifs is 1. The number of hydrogen-bond acceptors (Lipinski definition) is 5. The minimum absolute atomic E-state index is 0.147. The Bertz CT molecular complexity index is 979. The Morgan fingerprint density at radius 1 is 1.21 bits per heavy atom. The number of aryl methyl sites for hydroxylation is 1. The SMILES string of the molecule is Cn1cc(S(=O)(=O)N2CCCC2)cc1C(=O)NCC1COc2ccccc2O1. The molecule has 4 rings (SSSR count). The zero-order valence-corrected chi connectivity index (χ0v) is 16.4. The van der Waals surface area contributed by atoms with Crippen molar-refractivity contribution in [1.29, 1.82) is 0 Å². The summed E-state index contributed by atoms with van der Waals surface area (Å²) in [6, 6.07) is 8.80. The molecule has 150 valence electrons. The molecule has 1 fully saturated rings. The number of para-hydroxylation sites is 2. The van der Waals surface area contributed by atoms with Crippen molar-refractivity contribution < 1.29 is 22.7 Å². The topological polar surface area (TPSA) is 89.9 Å². The molecule has 1 unspecified atom stereocenters. The van der Waals surface area contributed by atoms with Gasteiger partial charge >= 0.3 is 0 Å². The summed E-state index contributed by atoms with van der Waals surface area (Å²) in [6.07, 6.45) is 2.91. The summed E-state index contributed by atoms with van der Waals surface area (Å²) in [7, 11) is -1.89. The van der Waals surface area contributed by atoms with Gasteiger partial charge in [0.05, 0.1) is 6.54 Å². The molecule has 2 aliphatic rings. The molecular weight excluding hydrogens is 382 g/mol. The average molecular weight is 405 g/mol. The smallest absolute Gasteiger partial charge is 0.268 e. The molecular formula is C19H23N3O5S. The molecule has 9 heteroatoms. The van der Waals surface area contributed by atoms with Crippen molar-refractivity contribution in [2.75, 3.05) is 26.2 Å². The van der Waals surface area contributed by atoms with Crippen LogP contribution in [0.4, 0.5) is 0 Å². The molecule has 1 atom stereocenters. The van der Waals surface area contributed by atoms with Gasteiger partial charge in [0.2, 0.25) is 10.0 Å². The van der Waals surface area contributed by atoms with Gasteiger partial charge < -0.3 is 19.4 Å². The van der Waals surface area contributed by atoms with E-state index in [0.29, 0.717) is 31.2 Å². The lowest BCUT2D eigenvalue weighted by Gasteiger charge is -2.26. The summed E-state index contributed by atoms with van der Waals surface area (Å²) in [6.45, 7) is 1.64. The predicted molar refractivity (Wildman–Crippen MR) is 102 cm³/mol. The lowest BCUT2D eigenvalue weighted by atomic mass is 10.2. The van der Waals surface area contributed by atoms with E-state index in [1.807, 2.05) is 24.3 Å². The molecule has 2 aromatic rings. The molecule has 0 bridgehead atoms. The second-order valence-electron chi connectivity index (χ2n) is 6.99. The molecule has 28 heavy (non-hydrogen) atoms. The fourth-order valence-electron chi connectivity index (χ4n) is 3.44. The van der Waals surface area contributed by atoms with Gasteiger partial charge in [-0.05, 0) is 31.0 Å². The fraction of sp³-hybridized carbons (Fsp3) is 0.421. The second kappa shape index (κ2) is 7.48. The van der Waals surface area contributed by atoms with Crippen LogP contribution >= 0.6 is 0 Å². The van der Waals surface area contributed by atoms with E-state index >= 15 is 0 Å². The highest BCUT2D eigenvalue weighted by Gasteiger charge is 2.29. The van der Waals surface area contributed by atoms with Gasteiger partial charge in [-0.15, -0.1) is 0 Å². The first-order valence-corrected chi connectivity index (χ1v) is 10.7. The maximum atomic E-state index is 12.7. The standard InChI is InChI=1S/C19H23N3O5S/c1-21-12-15(28(24,25)22-8-4-5-9-22)10-16(21)19(23)20-11-14-13-26-17-6-2-3-7-18(17)27-14/h2-3,6-7,10,12,14H,4-5,8-9,11,13H2,1H3,(H,20,23). The first-order valence-electron chi connectivity index (χ1n) is 9.28. The Labute approximate surface area is 164 Å². The van der Waals surface area contributed by atoms with E-state index in [9.17, 15) is 13.2 Å². The summed E-state index contributed by atoms with van der Waals surface area (Å²) in [4.78, 5) is 12.7. The van der Waals surface area contributed by atoms with E-state index in [4.69, 9.17) is 9.47 Å². The van der Waals surface area contributed by atoms with Crippen molar-refractivity contribution in [2.24, 2.45) is 7.05 Å². The van der Waals surface area contributed by atoms with Crippen LogP contribution in [0.5, 0.6) is 11.5 Å². The van der Waals surface area contributed by atoms with E-state index in [2.05, 4.69) is 5.32 Å². The second-order valence-corrected chi connectivity index (χ2v) is 8.93. The third-order valence-corrected chi connectivity index (χ3v) is 6.84. The van der Waals surface area contributed by atoms with Crippen LogP contribution in [0.1, 0.15) is 23.3 Å². The molecule has 0 radical (unpaired) electrons. The Morgan fingerprint density at radius 3 is 2.68 bits per heavy atom. The number of hydrogen-bond donors (Lipinski definition) is 1. The summed E-state index contributed by atoms with van der Waals surface area (Å²) in [5.74, 6) is 0.975. The Hall–Kier alpha value is -2.52. The van der Waals surface area contributed by atoms with Crippen LogP contribution in [0.25, 0.3) is 0 Å². The first-order chi connectivity index (χ1) is 13.4. The van der Waals surface area contributed by atoms with Crippen molar-refractivity contribution >= 4 is 15.9 Å². The van der Waals surface area contributed by atoms with Crippen LogP contribution in [0.3, 0.4) is 0 Å². The first kappa shape index (κ1) is 18.8. The van der Waals surface area contributed by atoms with E-state index in [1.54, 1.807) is 7.05 Å². The zero-order chi connectivity index (χ0) is 19.7. The number of rotatable bonds is 5. The lowest BCUT2D eigenvalue weighted by Crippen LogP contribution is -2.41. The van der Waals surface area contributed by atoms with Crippen molar-refractivity contribution in [3.05, 3.63) is 42.2 Å². The molecule has 8 nitrogen and oxygen atoms in total. The van der Waals surface area contributed by atoms with Crippen molar-refractivity contribution in [3.8, 4) is 11.5 Å². The van der Waals surface area contributed by atoms with Gasteiger partial charge in [0.25, 0.3) is 5.91 Å². The zero-order valence-electron chi connectivity index (χ0n) is 15.6. The predicted octanol–water partition coefficient (Wildman–Crippen LogP) is 1.38. The minimum atomic E-state index is -3.55. The number of carbonyl (C=O) groups is 1. The van der Waals surface area contributed by atoms with Gasteiger partial charge in [-0.3, -0.25) is 4.79 Å². The molecule has 1 amide bonds. The molecule has 1 saturated heterocycles. The monoisotopic (exact) mass is 405 g/mol. The van der Waals surface area contributed by atoms with E-state index in [-0.39, 0.29) is 29.1 Å². The highest BCUT2D eigenvalue weighted by molar-refractivity contribution is 7.89. The van der Waals surface area contributed by atoms with Gasteiger partial charge in [0.15, 0.2) is 11.5 Å². The van der Waals surface area contributed by atoms with Crippen LogP contribution < -0.4 is 14.8 Å². The largest absolute Gasteiger partial charge is 0.486 e. The molecule has 1 aromatic carbocycles.